The van der Waals surface area contributed by atoms with E-state index in [1.165, 1.54) is 42.5 Å². The van der Waals surface area contributed by atoms with Gasteiger partial charge in [-0.3, -0.25) is 9.52 Å². The Labute approximate surface area is 215 Å². The summed E-state index contributed by atoms with van der Waals surface area (Å²) >= 11 is 5.84. The molecule has 0 unspecified atom stereocenters. The van der Waals surface area contributed by atoms with E-state index in [-0.39, 0.29) is 21.7 Å². The van der Waals surface area contributed by atoms with Crippen LogP contribution in [0, 0.1) is 0 Å². The van der Waals surface area contributed by atoms with E-state index in [2.05, 4.69) is 4.72 Å². The average Bonchev–Trinajstić information content (AvgIpc) is 3.04. The second kappa shape index (κ2) is 9.79. The number of para-hydroxylation sites is 1. The number of sulfonamides is 1. The number of benzene rings is 3. The Hall–Kier alpha value is -3.62. The van der Waals surface area contributed by atoms with Crippen LogP contribution in [0.5, 0.6) is 0 Å². The van der Waals surface area contributed by atoms with E-state index in [4.69, 9.17) is 16.3 Å². The normalized spacial score (nSPS) is 15.4. The fourth-order valence-corrected chi connectivity index (χ4v) is 5.43. The van der Waals surface area contributed by atoms with Crippen molar-refractivity contribution in [3.05, 3.63) is 101 Å². The molecule has 0 atom stereocenters. The molecule has 0 saturated heterocycles. The molecule has 0 aromatic heterocycles. The van der Waals surface area contributed by atoms with Gasteiger partial charge in [0.15, 0.2) is 12.4 Å². The quantitative estimate of drug-likeness (QED) is 0.338. The van der Waals surface area contributed by atoms with Crippen LogP contribution >= 0.6 is 11.6 Å². The highest BCUT2D eigenvalue weighted by molar-refractivity contribution is 7.92. The maximum atomic E-state index is 12.7. The average molecular weight is 525 g/mol. The van der Waals surface area contributed by atoms with Crippen molar-refractivity contribution >= 4 is 44.8 Å². The molecule has 36 heavy (non-hydrogen) atoms. The van der Waals surface area contributed by atoms with E-state index < -0.39 is 22.6 Å². The van der Waals surface area contributed by atoms with Gasteiger partial charge in [-0.2, -0.15) is 0 Å². The number of nitrogens with one attached hydrogen (secondary N) is 1. The van der Waals surface area contributed by atoms with Gasteiger partial charge in [-0.1, -0.05) is 49.7 Å². The molecule has 1 heterocycles. The van der Waals surface area contributed by atoms with E-state index in [0.717, 1.165) is 16.9 Å². The summed E-state index contributed by atoms with van der Waals surface area (Å²) in [7, 11) is -2.07. The van der Waals surface area contributed by atoms with Crippen molar-refractivity contribution in [3.8, 4) is 0 Å². The van der Waals surface area contributed by atoms with Gasteiger partial charge in [0.25, 0.3) is 10.0 Å². The first-order valence-electron chi connectivity index (χ1n) is 11.1. The van der Waals surface area contributed by atoms with Crippen LogP contribution in [0.2, 0.25) is 5.02 Å². The Morgan fingerprint density at radius 3 is 2.42 bits per heavy atom. The summed E-state index contributed by atoms with van der Waals surface area (Å²) in [6.07, 6.45) is 1.49. The zero-order chi connectivity index (χ0) is 26.1. The molecular formula is C27H25ClN2O5S. The van der Waals surface area contributed by atoms with Crippen LogP contribution in [-0.2, 0) is 25.0 Å². The molecule has 1 N–H and O–H groups in total. The number of rotatable bonds is 7. The van der Waals surface area contributed by atoms with Crippen LogP contribution in [0.15, 0.2) is 89.5 Å². The van der Waals surface area contributed by atoms with E-state index in [0.29, 0.717) is 10.7 Å². The first kappa shape index (κ1) is 25.5. The fraction of sp³-hybridized carbons (Fsp3) is 0.185. The van der Waals surface area contributed by atoms with Gasteiger partial charge in [-0.15, -0.1) is 0 Å². The van der Waals surface area contributed by atoms with Crippen LogP contribution in [0.1, 0.15) is 29.8 Å². The predicted molar refractivity (Wildman–Crippen MR) is 140 cm³/mol. The lowest BCUT2D eigenvalue weighted by Crippen LogP contribution is -2.25. The molecule has 0 saturated carbocycles. The Morgan fingerprint density at radius 2 is 1.72 bits per heavy atom. The highest BCUT2D eigenvalue weighted by Crippen LogP contribution is 2.46. The third-order valence-electron chi connectivity index (χ3n) is 6.06. The monoisotopic (exact) mass is 524 g/mol. The summed E-state index contributed by atoms with van der Waals surface area (Å²) in [5.74, 6) is -1.17. The number of carbonyl (C=O) groups excluding carboxylic acids is 2. The van der Waals surface area contributed by atoms with Gasteiger partial charge < -0.3 is 9.64 Å². The number of halogens is 1. The van der Waals surface area contributed by atoms with Crippen LogP contribution in [0.4, 0.5) is 11.4 Å². The summed E-state index contributed by atoms with van der Waals surface area (Å²) < 4.78 is 33.1. The van der Waals surface area contributed by atoms with E-state index >= 15 is 0 Å². The number of fused-ring (bicyclic) bond motifs is 1. The maximum Gasteiger partial charge on any atom is 0.338 e. The van der Waals surface area contributed by atoms with Crippen molar-refractivity contribution in [2.75, 3.05) is 23.3 Å². The lowest BCUT2D eigenvalue weighted by atomic mass is 9.83. The third-order valence-corrected chi connectivity index (χ3v) is 7.69. The molecule has 4 rings (SSSR count). The molecule has 0 fully saturated rings. The van der Waals surface area contributed by atoms with Gasteiger partial charge in [0, 0.05) is 40.6 Å². The minimum atomic E-state index is -3.96. The minimum Gasteiger partial charge on any atom is -0.454 e. The number of anilines is 2. The first-order valence-corrected chi connectivity index (χ1v) is 13.0. The summed E-state index contributed by atoms with van der Waals surface area (Å²) in [5, 5.41) is 0.473. The number of allylic oxidation sites excluding steroid dienone is 1. The lowest BCUT2D eigenvalue weighted by molar-refractivity contribution is -0.117. The van der Waals surface area contributed by atoms with Crippen LogP contribution in [-0.4, -0.2) is 33.8 Å². The SMILES string of the molecule is CN1C(=CC(=O)COC(=O)c2cccc(S(=O)(=O)Nc3ccc(Cl)cc3)c2)C(C)(C)c2ccccc21. The standard InChI is InChI=1S/C27H25ClN2O5S/c1-27(2)23-9-4-5-10-24(23)30(3)25(27)16-21(31)17-35-26(32)18-7-6-8-22(15-18)36(33,34)29-20-13-11-19(28)12-14-20/h4-16,29H,17H2,1-3H3. The minimum absolute atomic E-state index is 0.0140. The van der Waals surface area contributed by atoms with Crippen LogP contribution < -0.4 is 9.62 Å². The number of ketones is 1. The fourth-order valence-electron chi connectivity index (χ4n) is 4.20. The molecule has 0 aliphatic carbocycles. The number of carbonyl (C=O) groups is 2. The predicted octanol–water partition coefficient (Wildman–Crippen LogP) is 5.18. The van der Waals surface area contributed by atoms with Crippen molar-refractivity contribution in [1.82, 2.24) is 0 Å². The topological polar surface area (TPSA) is 92.8 Å². The second-order valence-corrected chi connectivity index (χ2v) is 11.0. The number of hydrogen-bond acceptors (Lipinski definition) is 6. The van der Waals surface area contributed by atoms with Gasteiger partial charge in [0.1, 0.15) is 0 Å². The van der Waals surface area contributed by atoms with Crippen LogP contribution in [0.3, 0.4) is 0 Å². The van der Waals surface area contributed by atoms with E-state index in [1.54, 1.807) is 12.1 Å². The number of nitrogens with zero attached hydrogens (tertiary/aromatic N) is 1. The smallest absolute Gasteiger partial charge is 0.338 e. The molecule has 3 aromatic rings. The highest BCUT2D eigenvalue weighted by Gasteiger charge is 2.38. The van der Waals surface area contributed by atoms with Gasteiger partial charge >= 0.3 is 5.97 Å². The van der Waals surface area contributed by atoms with Gasteiger partial charge in [0.05, 0.1) is 10.5 Å². The highest BCUT2D eigenvalue weighted by atomic mass is 35.5. The molecule has 9 heteroatoms. The largest absolute Gasteiger partial charge is 0.454 e. The molecule has 1 aliphatic rings. The van der Waals surface area contributed by atoms with Crippen molar-refractivity contribution in [3.63, 3.8) is 0 Å². The molecule has 0 amide bonds. The molecule has 0 spiro atoms. The molecule has 186 valence electrons. The summed E-state index contributed by atoms with van der Waals surface area (Å²) in [4.78, 5) is 27.1. The Bertz CT molecular complexity index is 1460. The van der Waals surface area contributed by atoms with Crippen molar-refractivity contribution < 1.29 is 22.7 Å². The van der Waals surface area contributed by atoms with Crippen LogP contribution in [0.25, 0.3) is 0 Å². The number of likely N-dealkylation sites (N-methyl/N-ethyl adjacent to an activating group) is 1. The first-order chi connectivity index (χ1) is 17.0. The maximum absolute atomic E-state index is 12.7. The molecule has 0 bridgehead atoms. The summed E-state index contributed by atoms with van der Waals surface area (Å²) in [6.45, 7) is 3.59. The number of esters is 1. The Morgan fingerprint density at radius 1 is 1.03 bits per heavy atom. The summed E-state index contributed by atoms with van der Waals surface area (Å²) in [6, 6.07) is 19.5. The zero-order valence-corrected chi connectivity index (χ0v) is 21.6. The van der Waals surface area contributed by atoms with Crippen molar-refractivity contribution in [2.45, 2.75) is 24.2 Å². The summed E-state index contributed by atoms with van der Waals surface area (Å²) in [5.41, 5.74) is 2.88. The number of ether oxygens (including phenoxy) is 1. The van der Waals surface area contributed by atoms with Gasteiger partial charge in [-0.25, -0.2) is 13.2 Å². The Balaban J connectivity index is 1.44. The van der Waals surface area contributed by atoms with Gasteiger partial charge in [-0.05, 0) is 54.1 Å². The second-order valence-electron chi connectivity index (χ2n) is 8.91. The Kier molecular flexibility index (Phi) is 6.93. The van der Waals surface area contributed by atoms with Crippen molar-refractivity contribution in [1.29, 1.82) is 0 Å². The number of hydrogen-bond donors (Lipinski definition) is 1. The van der Waals surface area contributed by atoms with E-state index in [9.17, 15) is 18.0 Å². The van der Waals surface area contributed by atoms with Gasteiger partial charge in [0.2, 0.25) is 0 Å². The van der Waals surface area contributed by atoms with Crippen molar-refractivity contribution in [2.24, 2.45) is 0 Å². The molecule has 7 nitrogen and oxygen atoms in total. The molecule has 1 aliphatic heterocycles. The zero-order valence-electron chi connectivity index (χ0n) is 20.0. The molecule has 0 radical (unpaired) electrons. The molecule has 3 aromatic carbocycles. The molecular weight excluding hydrogens is 500 g/mol. The van der Waals surface area contributed by atoms with E-state index in [1.807, 2.05) is 50.1 Å². The lowest BCUT2D eigenvalue weighted by Gasteiger charge is -2.23. The third kappa shape index (κ3) is 5.15.